The van der Waals surface area contributed by atoms with E-state index in [0.717, 1.165) is 22.3 Å². The molecule has 16 heavy (non-hydrogen) atoms. The van der Waals surface area contributed by atoms with E-state index >= 15 is 0 Å². The van der Waals surface area contributed by atoms with Crippen molar-refractivity contribution >= 4 is 10.9 Å². The zero-order valence-electron chi connectivity index (χ0n) is 8.54. The number of benzene rings is 1. The van der Waals surface area contributed by atoms with Crippen molar-refractivity contribution in [2.45, 2.75) is 0 Å². The maximum absolute atomic E-state index is 4.25. The van der Waals surface area contributed by atoms with E-state index in [9.17, 15) is 0 Å². The third kappa shape index (κ3) is 1.52. The second-order valence-corrected chi connectivity index (χ2v) is 3.50. The number of rotatable bonds is 1. The lowest BCUT2D eigenvalue weighted by Gasteiger charge is -2.00. The van der Waals surface area contributed by atoms with Gasteiger partial charge in [0.1, 0.15) is 5.69 Å². The molecule has 0 saturated heterocycles. The minimum absolute atomic E-state index is 0.805. The van der Waals surface area contributed by atoms with Gasteiger partial charge in [-0.15, -0.1) is 10.2 Å². The Hall–Kier alpha value is -2.29. The van der Waals surface area contributed by atoms with Crippen LogP contribution >= 0.6 is 0 Å². The van der Waals surface area contributed by atoms with Crippen molar-refractivity contribution in [3.05, 3.63) is 54.7 Å². The molecule has 0 aliphatic heterocycles. The van der Waals surface area contributed by atoms with Gasteiger partial charge in [0.2, 0.25) is 0 Å². The number of pyridine rings is 1. The number of fused-ring (bicyclic) bond motifs is 1. The second-order valence-electron chi connectivity index (χ2n) is 3.50. The van der Waals surface area contributed by atoms with Gasteiger partial charge in [0.15, 0.2) is 0 Å². The van der Waals surface area contributed by atoms with Crippen LogP contribution in [0.5, 0.6) is 0 Å². The number of hydrogen-bond donors (Lipinski definition) is 0. The van der Waals surface area contributed by atoms with Crippen molar-refractivity contribution in [2.75, 3.05) is 0 Å². The van der Waals surface area contributed by atoms with Crippen molar-refractivity contribution < 1.29 is 0 Å². The quantitative estimate of drug-likeness (QED) is 0.615. The lowest BCUT2D eigenvalue weighted by Crippen LogP contribution is -1.90. The maximum atomic E-state index is 4.25. The van der Waals surface area contributed by atoms with Gasteiger partial charge in [0.25, 0.3) is 0 Å². The Balaban J connectivity index is 2.19. The highest BCUT2D eigenvalue weighted by atomic mass is 15.1. The van der Waals surface area contributed by atoms with Crippen LogP contribution in [0.15, 0.2) is 54.7 Å². The Morgan fingerprint density at radius 3 is 2.50 bits per heavy atom. The molecule has 0 N–H and O–H groups in total. The minimum Gasteiger partial charge on any atom is -0.255 e. The van der Waals surface area contributed by atoms with Gasteiger partial charge in [-0.2, -0.15) is 0 Å². The van der Waals surface area contributed by atoms with E-state index in [4.69, 9.17) is 0 Å². The van der Waals surface area contributed by atoms with Gasteiger partial charge in [-0.05, 0) is 24.3 Å². The van der Waals surface area contributed by atoms with Crippen molar-refractivity contribution in [1.29, 1.82) is 0 Å². The highest BCUT2D eigenvalue weighted by Gasteiger charge is 2.02. The van der Waals surface area contributed by atoms with Crippen LogP contribution < -0.4 is 0 Å². The molecule has 0 atom stereocenters. The molecule has 0 aliphatic carbocycles. The van der Waals surface area contributed by atoms with Crippen LogP contribution in [0.1, 0.15) is 0 Å². The van der Waals surface area contributed by atoms with E-state index in [2.05, 4.69) is 15.2 Å². The Labute approximate surface area is 92.8 Å². The predicted octanol–water partition coefficient (Wildman–Crippen LogP) is 2.69. The fourth-order valence-electron chi connectivity index (χ4n) is 1.62. The molecule has 0 aliphatic rings. The van der Waals surface area contributed by atoms with Crippen LogP contribution in [0.3, 0.4) is 0 Å². The van der Waals surface area contributed by atoms with Crippen LogP contribution in [-0.2, 0) is 0 Å². The summed E-state index contributed by atoms with van der Waals surface area (Å²) in [5.41, 5.74) is 2.56. The molecule has 3 aromatic rings. The van der Waals surface area contributed by atoms with E-state index in [0.29, 0.717) is 0 Å². The first-order valence-electron chi connectivity index (χ1n) is 5.07. The predicted molar refractivity (Wildman–Crippen MR) is 62.8 cm³/mol. The first-order valence-corrected chi connectivity index (χ1v) is 5.07. The lowest BCUT2D eigenvalue weighted by atomic mass is 10.2. The minimum atomic E-state index is 0.805. The third-order valence-electron chi connectivity index (χ3n) is 2.42. The van der Waals surface area contributed by atoms with Gasteiger partial charge in [-0.3, -0.25) is 4.98 Å². The molecule has 76 valence electrons. The topological polar surface area (TPSA) is 38.7 Å². The summed E-state index contributed by atoms with van der Waals surface area (Å²) < 4.78 is 0. The first kappa shape index (κ1) is 8.97. The van der Waals surface area contributed by atoms with E-state index in [-0.39, 0.29) is 0 Å². The van der Waals surface area contributed by atoms with Gasteiger partial charge < -0.3 is 0 Å². The van der Waals surface area contributed by atoms with Gasteiger partial charge in [-0.1, -0.05) is 24.3 Å². The first-order chi connectivity index (χ1) is 7.93. The standard InChI is InChI=1S/C13H9N3/c1-2-6-11-10(5-1)9-13(16-15-11)12-7-3-4-8-14-12/h1-9H. The maximum Gasteiger partial charge on any atom is 0.112 e. The van der Waals surface area contributed by atoms with E-state index < -0.39 is 0 Å². The van der Waals surface area contributed by atoms with Gasteiger partial charge in [-0.25, -0.2) is 0 Å². The highest BCUT2D eigenvalue weighted by molar-refractivity contribution is 5.81. The molecule has 1 aromatic carbocycles. The zero-order valence-corrected chi connectivity index (χ0v) is 8.54. The van der Waals surface area contributed by atoms with Crippen molar-refractivity contribution in [1.82, 2.24) is 15.2 Å². The molecule has 0 radical (unpaired) electrons. The molecular formula is C13H9N3. The molecule has 0 spiro atoms. The molecule has 3 nitrogen and oxygen atoms in total. The summed E-state index contributed by atoms with van der Waals surface area (Å²) in [6.07, 6.45) is 1.76. The van der Waals surface area contributed by atoms with Gasteiger partial charge >= 0.3 is 0 Å². The monoisotopic (exact) mass is 207 g/mol. The van der Waals surface area contributed by atoms with Crippen molar-refractivity contribution in [3.63, 3.8) is 0 Å². The van der Waals surface area contributed by atoms with Crippen LogP contribution in [0, 0.1) is 0 Å². The fraction of sp³-hybridized carbons (Fsp3) is 0. The third-order valence-corrected chi connectivity index (χ3v) is 2.42. The summed E-state index contributed by atoms with van der Waals surface area (Å²) in [7, 11) is 0. The summed E-state index contributed by atoms with van der Waals surface area (Å²) >= 11 is 0. The summed E-state index contributed by atoms with van der Waals surface area (Å²) in [5, 5.41) is 9.41. The SMILES string of the molecule is c1ccc(-c2cc3ccccc3nn2)nc1. The molecule has 0 fully saturated rings. The fourth-order valence-corrected chi connectivity index (χ4v) is 1.62. The van der Waals surface area contributed by atoms with E-state index in [1.165, 1.54) is 0 Å². The molecule has 0 amide bonds. The molecule has 0 saturated carbocycles. The summed E-state index contributed by atoms with van der Waals surface area (Å²) in [6.45, 7) is 0. The lowest BCUT2D eigenvalue weighted by molar-refractivity contribution is 1.07. The Kier molecular flexibility index (Phi) is 2.07. The molecule has 0 unspecified atom stereocenters. The van der Waals surface area contributed by atoms with E-state index in [1.54, 1.807) is 6.20 Å². The van der Waals surface area contributed by atoms with Crippen molar-refractivity contribution in [2.24, 2.45) is 0 Å². The normalized spacial score (nSPS) is 10.5. The molecule has 2 aromatic heterocycles. The van der Waals surface area contributed by atoms with E-state index in [1.807, 2.05) is 48.5 Å². The molecule has 3 heteroatoms. The van der Waals surface area contributed by atoms with Gasteiger partial charge in [0, 0.05) is 11.6 Å². The average Bonchev–Trinajstić information content (AvgIpc) is 2.39. The van der Waals surface area contributed by atoms with Crippen LogP contribution in [0.4, 0.5) is 0 Å². The van der Waals surface area contributed by atoms with Crippen molar-refractivity contribution in [3.8, 4) is 11.4 Å². The number of nitrogens with zero attached hydrogens (tertiary/aromatic N) is 3. The Morgan fingerprint density at radius 2 is 1.62 bits per heavy atom. The average molecular weight is 207 g/mol. The zero-order chi connectivity index (χ0) is 10.8. The highest BCUT2D eigenvalue weighted by Crippen LogP contribution is 2.17. The summed E-state index contributed by atoms with van der Waals surface area (Å²) in [4.78, 5) is 4.25. The molecule has 0 bridgehead atoms. The van der Waals surface area contributed by atoms with Gasteiger partial charge in [0.05, 0.1) is 11.2 Å². The molecular weight excluding hydrogens is 198 g/mol. The van der Waals surface area contributed by atoms with Crippen LogP contribution in [-0.4, -0.2) is 15.2 Å². The largest absolute Gasteiger partial charge is 0.255 e. The Morgan fingerprint density at radius 1 is 0.750 bits per heavy atom. The smallest absolute Gasteiger partial charge is 0.112 e. The van der Waals surface area contributed by atoms with Crippen LogP contribution in [0.25, 0.3) is 22.3 Å². The molecule has 2 heterocycles. The summed E-state index contributed by atoms with van der Waals surface area (Å²) in [6, 6.07) is 15.7. The van der Waals surface area contributed by atoms with Crippen LogP contribution in [0.2, 0.25) is 0 Å². The number of hydrogen-bond acceptors (Lipinski definition) is 3. The molecule has 3 rings (SSSR count). The second kappa shape index (κ2) is 3.70. The summed E-state index contributed by atoms with van der Waals surface area (Å²) in [5.74, 6) is 0. The number of aromatic nitrogens is 3. The Bertz CT molecular complexity index is 620.